The molecule has 0 radical (unpaired) electrons. The molecule has 0 aromatic carbocycles. The van der Waals surface area contributed by atoms with E-state index in [4.69, 9.17) is 10.2 Å². The SMILES string of the molecule is NC(Cn1cncn1)c1ccoc1. The van der Waals surface area contributed by atoms with Crippen LogP contribution in [-0.4, -0.2) is 14.8 Å². The van der Waals surface area contributed by atoms with Gasteiger partial charge in [-0.2, -0.15) is 5.10 Å². The van der Waals surface area contributed by atoms with Crippen LogP contribution in [0.4, 0.5) is 0 Å². The minimum Gasteiger partial charge on any atom is -0.472 e. The van der Waals surface area contributed by atoms with Crippen LogP contribution in [0.5, 0.6) is 0 Å². The van der Waals surface area contributed by atoms with Crippen molar-refractivity contribution in [1.29, 1.82) is 0 Å². The van der Waals surface area contributed by atoms with Crippen molar-refractivity contribution in [3.8, 4) is 0 Å². The fourth-order valence-electron chi connectivity index (χ4n) is 1.12. The molecule has 2 N–H and O–H groups in total. The van der Waals surface area contributed by atoms with Gasteiger partial charge in [0.2, 0.25) is 0 Å². The molecule has 0 bridgehead atoms. The average molecular weight is 178 g/mol. The Morgan fingerprint density at radius 2 is 2.54 bits per heavy atom. The third-order valence-electron chi connectivity index (χ3n) is 1.82. The molecule has 2 aromatic rings. The number of furan rings is 1. The van der Waals surface area contributed by atoms with E-state index in [0.717, 1.165) is 5.56 Å². The summed E-state index contributed by atoms with van der Waals surface area (Å²) < 4.78 is 6.62. The number of hydrogen-bond acceptors (Lipinski definition) is 4. The van der Waals surface area contributed by atoms with E-state index in [-0.39, 0.29) is 6.04 Å². The highest BCUT2D eigenvalue weighted by molar-refractivity contribution is 5.10. The fourth-order valence-corrected chi connectivity index (χ4v) is 1.12. The van der Waals surface area contributed by atoms with Crippen LogP contribution < -0.4 is 5.73 Å². The summed E-state index contributed by atoms with van der Waals surface area (Å²) in [6, 6.07) is 1.75. The Kier molecular flexibility index (Phi) is 2.09. The molecule has 0 spiro atoms. The quantitative estimate of drug-likeness (QED) is 0.746. The van der Waals surface area contributed by atoms with Crippen molar-refractivity contribution >= 4 is 0 Å². The molecule has 5 nitrogen and oxygen atoms in total. The lowest BCUT2D eigenvalue weighted by atomic mass is 10.2. The largest absolute Gasteiger partial charge is 0.472 e. The first-order chi connectivity index (χ1) is 6.36. The van der Waals surface area contributed by atoms with Gasteiger partial charge in [-0.25, -0.2) is 4.98 Å². The zero-order chi connectivity index (χ0) is 9.10. The first kappa shape index (κ1) is 8.00. The van der Waals surface area contributed by atoms with E-state index in [1.165, 1.54) is 6.33 Å². The van der Waals surface area contributed by atoms with Crippen molar-refractivity contribution in [2.45, 2.75) is 12.6 Å². The molecule has 0 aliphatic carbocycles. The second kappa shape index (κ2) is 3.40. The average Bonchev–Trinajstić information content (AvgIpc) is 2.74. The molecule has 0 saturated heterocycles. The number of rotatable bonds is 3. The van der Waals surface area contributed by atoms with Crippen LogP contribution in [0.25, 0.3) is 0 Å². The molecule has 68 valence electrons. The summed E-state index contributed by atoms with van der Waals surface area (Å²) in [4.78, 5) is 3.83. The molecule has 0 aliphatic heterocycles. The molecule has 1 unspecified atom stereocenters. The number of aromatic nitrogens is 3. The van der Waals surface area contributed by atoms with Crippen LogP contribution in [0.15, 0.2) is 35.7 Å². The molecule has 0 aliphatic rings. The van der Waals surface area contributed by atoms with Gasteiger partial charge in [0.25, 0.3) is 0 Å². The van der Waals surface area contributed by atoms with Crippen molar-refractivity contribution in [2.75, 3.05) is 0 Å². The smallest absolute Gasteiger partial charge is 0.137 e. The van der Waals surface area contributed by atoms with Crippen molar-refractivity contribution in [3.63, 3.8) is 0 Å². The minimum absolute atomic E-state index is 0.0968. The highest BCUT2D eigenvalue weighted by atomic mass is 16.3. The molecular weight excluding hydrogens is 168 g/mol. The van der Waals surface area contributed by atoms with Gasteiger partial charge < -0.3 is 10.2 Å². The Hall–Kier alpha value is -1.62. The maximum atomic E-state index is 5.88. The Bertz CT molecular complexity index is 340. The Labute approximate surface area is 75.2 Å². The lowest BCUT2D eigenvalue weighted by molar-refractivity contribution is 0.513. The number of nitrogens with zero attached hydrogens (tertiary/aromatic N) is 3. The van der Waals surface area contributed by atoms with Gasteiger partial charge >= 0.3 is 0 Å². The molecule has 2 rings (SSSR count). The van der Waals surface area contributed by atoms with Crippen LogP contribution in [0.3, 0.4) is 0 Å². The molecule has 0 amide bonds. The van der Waals surface area contributed by atoms with E-state index >= 15 is 0 Å². The molecule has 0 fully saturated rings. The summed E-state index contributed by atoms with van der Waals surface area (Å²) in [6.07, 6.45) is 6.38. The van der Waals surface area contributed by atoms with E-state index in [2.05, 4.69) is 10.1 Å². The molecule has 0 saturated carbocycles. The highest BCUT2D eigenvalue weighted by Gasteiger charge is 2.07. The lowest BCUT2D eigenvalue weighted by Crippen LogP contribution is -2.17. The van der Waals surface area contributed by atoms with Crippen molar-refractivity contribution < 1.29 is 4.42 Å². The molecule has 13 heavy (non-hydrogen) atoms. The molecular formula is C8H10N4O. The van der Waals surface area contributed by atoms with E-state index in [0.29, 0.717) is 6.54 Å². The van der Waals surface area contributed by atoms with Crippen LogP contribution >= 0.6 is 0 Å². The fraction of sp³-hybridized carbons (Fsp3) is 0.250. The van der Waals surface area contributed by atoms with Gasteiger partial charge in [-0.3, -0.25) is 4.68 Å². The predicted molar refractivity (Wildman–Crippen MR) is 45.7 cm³/mol. The van der Waals surface area contributed by atoms with Crippen LogP contribution in [-0.2, 0) is 6.54 Å². The summed E-state index contributed by atoms with van der Waals surface area (Å²) in [5.74, 6) is 0. The first-order valence-corrected chi connectivity index (χ1v) is 3.96. The Balaban J connectivity index is 2.04. The molecule has 2 aromatic heterocycles. The lowest BCUT2D eigenvalue weighted by Gasteiger charge is -2.07. The van der Waals surface area contributed by atoms with Crippen molar-refractivity contribution in [2.24, 2.45) is 5.73 Å². The monoisotopic (exact) mass is 178 g/mol. The van der Waals surface area contributed by atoms with Gasteiger partial charge in [-0.1, -0.05) is 0 Å². The zero-order valence-corrected chi connectivity index (χ0v) is 7.00. The second-order valence-corrected chi connectivity index (χ2v) is 2.78. The van der Waals surface area contributed by atoms with Gasteiger partial charge in [0, 0.05) is 5.56 Å². The van der Waals surface area contributed by atoms with E-state index in [9.17, 15) is 0 Å². The summed E-state index contributed by atoms with van der Waals surface area (Å²) in [5.41, 5.74) is 6.85. The van der Waals surface area contributed by atoms with E-state index < -0.39 is 0 Å². The van der Waals surface area contributed by atoms with Gasteiger partial charge in [0.15, 0.2) is 0 Å². The predicted octanol–water partition coefficient (Wildman–Crippen LogP) is 0.571. The summed E-state index contributed by atoms with van der Waals surface area (Å²) in [6.45, 7) is 0.611. The normalized spacial score (nSPS) is 13.0. The van der Waals surface area contributed by atoms with Gasteiger partial charge in [-0.15, -0.1) is 0 Å². The summed E-state index contributed by atoms with van der Waals surface area (Å²) >= 11 is 0. The van der Waals surface area contributed by atoms with Crippen molar-refractivity contribution in [1.82, 2.24) is 14.8 Å². The minimum atomic E-state index is -0.0968. The topological polar surface area (TPSA) is 69.9 Å². The molecule has 5 heteroatoms. The first-order valence-electron chi connectivity index (χ1n) is 3.96. The number of hydrogen-bond donors (Lipinski definition) is 1. The summed E-state index contributed by atoms with van der Waals surface area (Å²) in [5, 5.41) is 3.96. The molecule has 1 atom stereocenters. The van der Waals surface area contributed by atoms with Gasteiger partial charge in [-0.05, 0) is 6.07 Å². The standard InChI is InChI=1S/C8H10N4O/c9-8(7-1-2-13-4-7)3-12-6-10-5-11-12/h1-2,4-6,8H,3,9H2. The highest BCUT2D eigenvalue weighted by Crippen LogP contribution is 2.11. The van der Waals surface area contributed by atoms with E-state index in [1.54, 1.807) is 23.5 Å². The summed E-state index contributed by atoms with van der Waals surface area (Å²) in [7, 11) is 0. The van der Waals surface area contributed by atoms with E-state index in [1.807, 2.05) is 6.07 Å². The Morgan fingerprint density at radius 3 is 3.15 bits per heavy atom. The van der Waals surface area contributed by atoms with Crippen LogP contribution in [0.2, 0.25) is 0 Å². The molecule has 2 heterocycles. The third kappa shape index (κ3) is 1.75. The Morgan fingerprint density at radius 1 is 1.62 bits per heavy atom. The zero-order valence-electron chi connectivity index (χ0n) is 7.00. The van der Waals surface area contributed by atoms with Crippen molar-refractivity contribution in [3.05, 3.63) is 36.8 Å². The maximum Gasteiger partial charge on any atom is 0.137 e. The van der Waals surface area contributed by atoms with Crippen LogP contribution in [0.1, 0.15) is 11.6 Å². The maximum absolute atomic E-state index is 5.88. The second-order valence-electron chi connectivity index (χ2n) is 2.78. The third-order valence-corrected chi connectivity index (χ3v) is 1.82. The van der Waals surface area contributed by atoms with Gasteiger partial charge in [0.1, 0.15) is 12.7 Å². The van der Waals surface area contributed by atoms with Crippen LogP contribution in [0, 0.1) is 0 Å². The van der Waals surface area contributed by atoms with Gasteiger partial charge in [0.05, 0.1) is 25.1 Å². The number of nitrogens with two attached hydrogens (primary N) is 1.